The van der Waals surface area contributed by atoms with Gasteiger partial charge in [-0.3, -0.25) is 14.9 Å². The molecule has 0 aliphatic heterocycles. The molecule has 7 nitrogen and oxygen atoms in total. The van der Waals surface area contributed by atoms with Crippen molar-refractivity contribution in [3.05, 3.63) is 99.6 Å². The van der Waals surface area contributed by atoms with Crippen molar-refractivity contribution in [3.8, 4) is 5.75 Å². The van der Waals surface area contributed by atoms with Crippen LogP contribution in [0.3, 0.4) is 0 Å². The van der Waals surface area contributed by atoms with E-state index in [4.69, 9.17) is 4.74 Å². The van der Waals surface area contributed by atoms with Crippen LogP contribution in [-0.4, -0.2) is 17.9 Å². The van der Waals surface area contributed by atoms with Gasteiger partial charge in [0.1, 0.15) is 11.4 Å². The molecular formula is C24H25N3O4. The van der Waals surface area contributed by atoms with Gasteiger partial charge in [-0.1, -0.05) is 55.5 Å². The number of benzene rings is 3. The summed E-state index contributed by atoms with van der Waals surface area (Å²) in [5.41, 5.74) is 2.28. The molecule has 0 aliphatic rings. The van der Waals surface area contributed by atoms with Gasteiger partial charge < -0.3 is 15.4 Å². The van der Waals surface area contributed by atoms with Crippen LogP contribution >= 0.6 is 0 Å². The lowest BCUT2D eigenvalue weighted by atomic mass is 10.0. The third kappa shape index (κ3) is 5.39. The normalized spacial score (nSPS) is 11.4. The number of ether oxygens (including phenoxy) is 1. The van der Waals surface area contributed by atoms with Crippen LogP contribution < -0.4 is 15.4 Å². The van der Waals surface area contributed by atoms with Gasteiger partial charge in [0.05, 0.1) is 18.1 Å². The molecule has 3 aromatic carbocycles. The first-order chi connectivity index (χ1) is 15.0. The number of anilines is 1. The summed E-state index contributed by atoms with van der Waals surface area (Å²) in [6.07, 6.45) is 0.705. The maximum Gasteiger partial charge on any atom is 0.293 e. The summed E-state index contributed by atoms with van der Waals surface area (Å²) >= 11 is 0. The fourth-order valence-corrected chi connectivity index (χ4v) is 3.36. The molecule has 7 heteroatoms. The Kier molecular flexibility index (Phi) is 7.22. The SMILES string of the molecule is CC[C@@H](NC(=O)c1ccc(NCc2ccccc2OC)c([N+](=O)[O-])c1)c1ccccc1. The predicted molar refractivity (Wildman–Crippen MR) is 120 cm³/mol. The highest BCUT2D eigenvalue weighted by Gasteiger charge is 2.20. The minimum atomic E-state index is -0.490. The number of carbonyl (C=O) groups is 1. The zero-order valence-corrected chi connectivity index (χ0v) is 17.5. The quantitative estimate of drug-likeness (QED) is 0.372. The summed E-state index contributed by atoms with van der Waals surface area (Å²) < 4.78 is 5.32. The Bertz CT molecular complexity index is 1050. The van der Waals surface area contributed by atoms with E-state index >= 15 is 0 Å². The molecule has 1 amide bonds. The summed E-state index contributed by atoms with van der Waals surface area (Å²) in [5.74, 6) is 0.343. The van der Waals surface area contributed by atoms with Gasteiger partial charge in [-0.2, -0.15) is 0 Å². The summed E-state index contributed by atoms with van der Waals surface area (Å²) in [6.45, 7) is 2.33. The zero-order valence-electron chi connectivity index (χ0n) is 17.5. The number of nitro groups is 1. The average molecular weight is 419 g/mol. The number of hydrogen-bond acceptors (Lipinski definition) is 5. The maximum absolute atomic E-state index is 12.8. The van der Waals surface area contributed by atoms with Crippen LogP contribution in [0.25, 0.3) is 0 Å². The van der Waals surface area contributed by atoms with Gasteiger partial charge in [0, 0.05) is 23.7 Å². The molecule has 0 spiro atoms. The highest BCUT2D eigenvalue weighted by Crippen LogP contribution is 2.28. The van der Waals surface area contributed by atoms with E-state index < -0.39 is 4.92 Å². The van der Waals surface area contributed by atoms with E-state index in [1.807, 2.05) is 61.5 Å². The third-order valence-electron chi connectivity index (χ3n) is 5.03. The van der Waals surface area contributed by atoms with Crippen LogP contribution in [0.2, 0.25) is 0 Å². The third-order valence-corrected chi connectivity index (χ3v) is 5.03. The first kappa shape index (κ1) is 21.8. The summed E-state index contributed by atoms with van der Waals surface area (Å²) in [4.78, 5) is 23.9. The molecule has 0 saturated heterocycles. The Labute approximate surface area is 181 Å². The monoisotopic (exact) mass is 419 g/mol. The van der Waals surface area contributed by atoms with E-state index in [0.717, 1.165) is 11.1 Å². The van der Waals surface area contributed by atoms with E-state index in [1.54, 1.807) is 19.2 Å². The minimum absolute atomic E-state index is 0.157. The molecule has 0 unspecified atom stereocenters. The molecule has 0 saturated carbocycles. The van der Waals surface area contributed by atoms with Crippen molar-refractivity contribution in [2.24, 2.45) is 0 Å². The average Bonchev–Trinajstić information content (AvgIpc) is 2.81. The van der Waals surface area contributed by atoms with Gasteiger partial charge in [-0.15, -0.1) is 0 Å². The van der Waals surface area contributed by atoms with Gasteiger partial charge in [0.15, 0.2) is 0 Å². The van der Waals surface area contributed by atoms with Crippen LogP contribution in [0, 0.1) is 10.1 Å². The number of nitrogens with zero attached hydrogens (tertiary/aromatic N) is 1. The standard InChI is InChI=1S/C24H25N3O4/c1-3-20(17-9-5-4-6-10-17)26-24(28)18-13-14-21(22(15-18)27(29)30)25-16-19-11-7-8-12-23(19)31-2/h4-15,20,25H,3,16H2,1-2H3,(H,26,28)/t20-/m1/s1. The van der Waals surface area contributed by atoms with Crippen LogP contribution in [0.1, 0.15) is 40.9 Å². The van der Waals surface area contributed by atoms with E-state index in [2.05, 4.69) is 10.6 Å². The Morgan fingerprint density at radius 3 is 2.45 bits per heavy atom. The van der Waals surface area contributed by atoms with Crippen LogP contribution in [0.15, 0.2) is 72.8 Å². The van der Waals surface area contributed by atoms with Crippen molar-refractivity contribution in [2.45, 2.75) is 25.9 Å². The molecule has 0 heterocycles. The maximum atomic E-state index is 12.8. The number of rotatable bonds is 9. The van der Waals surface area contributed by atoms with Gasteiger partial charge in [-0.05, 0) is 30.2 Å². The molecule has 3 rings (SSSR count). The van der Waals surface area contributed by atoms with Crippen LogP contribution in [0.5, 0.6) is 5.75 Å². The Morgan fingerprint density at radius 2 is 1.77 bits per heavy atom. The lowest BCUT2D eigenvalue weighted by Crippen LogP contribution is -2.28. The first-order valence-corrected chi connectivity index (χ1v) is 10.0. The van der Waals surface area contributed by atoms with Crippen molar-refractivity contribution in [2.75, 3.05) is 12.4 Å². The molecular weight excluding hydrogens is 394 g/mol. The highest BCUT2D eigenvalue weighted by molar-refractivity contribution is 5.96. The van der Waals surface area contributed by atoms with Crippen LogP contribution in [0.4, 0.5) is 11.4 Å². The second kappa shape index (κ2) is 10.2. The molecule has 0 radical (unpaired) electrons. The Hall–Kier alpha value is -3.87. The Morgan fingerprint density at radius 1 is 1.06 bits per heavy atom. The predicted octanol–water partition coefficient (Wildman–Crippen LogP) is 5.10. The van der Waals surface area contributed by atoms with Crippen molar-refractivity contribution < 1.29 is 14.5 Å². The van der Waals surface area contributed by atoms with E-state index in [-0.39, 0.29) is 23.2 Å². The number of carbonyl (C=O) groups excluding carboxylic acids is 1. The lowest BCUT2D eigenvalue weighted by Gasteiger charge is -2.17. The number of para-hydroxylation sites is 1. The molecule has 0 bridgehead atoms. The molecule has 0 aliphatic carbocycles. The second-order valence-electron chi connectivity index (χ2n) is 7.00. The van der Waals surface area contributed by atoms with E-state index in [0.29, 0.717) is 24.4 Å². The van der Waals surface area contributed by atoms with Crippen molar-refractivity contribution >= 4 is 17.3 Å². The number of nitrogens with one attached hydrogen (secondary N) is 2. The second-order valence-corrected chi connectivity index (χ2v) is 7.00. The number of nitro benzene ring substituents is 1. The lowest BCUT2D eigenvalue weighted by molar-refractivity contribution is -0.384. The molecule has 1 atom stereocenters. The smallest absolute Gasteiger partial charge is 0.293 e. The molecule has 0 fully saturated rings. The molecule has 3 aromatic rings. The van der Waals surface area contributed by atoms with Crippen molar-refractivity contribution in [1.29, 1.82) is 0 Å². The largest absolute Gasteiger partial charge is 0.496 e. The zero-order chi connectivity index (χ0) is 22.2. The molecule has 0 aromatic heterocycles. The van der Waals surface area contributed by atoms with Gasteiger partial charge in [0.25, 0.3) is 11.6 Å². The fourth-order valence-electron chi connectivity index (χ4n) is 3.36. The van der Waals surface area contributed by atoms with Crippen LogP contribution in [-0.2, 0) is 6.54 Å². The number of methoxy groups -OCH3 is 1. The van der Waals surface area contributed by atoms with E-state index in [1.165, 1.54) is 6.07 Å². The molecule has 160 valence electrons. The summed E-state index contributed by atoms with van der Waals surface area (Å²) in [7, 11) is 1.58. The van der Waals surface area contributed by atoms with Crippen molar-refractivity contribution in [1.82, 2.24) is 5.32 Å². The van der Waals surface area contributed by atoms with Gasteiger partial charge in [0.2, 0.25) is 0 Å². The highest BCUT2D eigenvalue weighted by atomic mass is 16.6. The number of hydrogen-bond donors (Lipinski definition) is 2. The summed E-state index contributed by atoms with van der Waals surface area (Å²) in [6, 6.07) is 21.4. The Balaban J connectivity index is 1.78. The first-order valence-electron chi connectivity index (χ1n) is 10.0. The molecule has 31 heavy (non-hydrogen) atoms. The fraction of sp³-hybridized carbons (Fsp3) is 0.208. The summed E-state index contributed by atoms with van der Waals surface area (Å²) in [5, 5.41) is 17.7. The van der Waals surface area contributed by atoms with Gasteiger partial charge >= 0.3 is 0 Å². The van der Waals surface area contributed by atoms with Gasteiger partial charge in [-0.25, -0.2) is 0 Å². The van der Waals surface area contributed by atoms with E-state index in [9.17, 15) is 14.9 Å². The van der Waals surface area contributed by atoms with Crippen molar-refractivity contribution in [3.63, 3.8) is 0 Å². The topological polar surface area (TPSA) is 93.5 Å². The minimum Gasteiger partial charge on any atom is -0.496 e. The number of amides is 1. The molecule has 2 N–H and O–H groups in total.